The first-order valence-electron chi connectivity index (χ1n) is 9.39. The van der Waals surface area contributed by atoms with Crippen LogP contribution in [0.5, 0.6) is 0 Å². The summed E-state index contributed by atoms with van der Waals surface area (Å²) in [6.45, 7) is 3.60. The van der Waals surface area contributed by atoms with Gasteiger partial charge in [0.2, 0.25) is 0 Å². The molecule has 0 saturated carbocycles. The molecular weight excluding hydrogens is 432 g/mol. The van der Waals surface area contributed by atoms with Crippen LogP contribution in [-0.4, -0.2) is 54.5 Å². The quantitative estimate of drug-likeness (QED) is 0.610. The van der Waals surface area contributed by atoms with Crippen LogP contribution in [0.15, 0.2) is 58.3 Å². The van der Waals surface area contributed by atoms with Crippen LogP contribution in [0.2, 0.25) is 0 Å². The van der Waals surface area contributed by atoms with Crippen molar-refractivity contribution in [2.24, 2.45) is 0 Å². The van der Waals surface area contributed by atoms with Gasteiger partial charge in [0.05, 0.1) is 23.0 Å². The van der Waals surface area contributed by atoms with Gasteiger partial charge >= 0.3 is 0 Å². The van der Waals surface area contributed by atoms with Crippen molar-refractivity contribution in [1.29, 1.82) is 0 Å². The summed E-state index contributed by atoms with van der Waals surface area (Å²) in [5, 5.41) is 0. The maximum atomic E-state index is 12.6. The van der Waals surface area contributed by atoms with Gasteiger partial charge in [-0.1, -0.05) is 35.4 Å². The number of hydrogen-bond donors (Lipinski definition) is 0. The summed E-state index contributed by atoms with van der Waals surface area (Å²) in [5.41, 5.74) is 1.85. The molecule has 4 unspecified atom stereocenters. The summed E-state index contributed by atoms with van der Waals surface area (Å²) in [6.07, 6.45) is -3.28. The molecule has 0 aromatic heterocycles. The Balaban J connectivity index is 1.44. The number of aryl methyl sites for hydroxylation is 2. The van der Waals surface area contributed by atoms with Gasteiger partial charge in [-0.3, -0.25) is 8.37 Å². The van der Waals surface area contributed by atoms with Crippen molar-refractivity contribution in [3.63, 3.8) is 0 Å². The zero-order chi connectivity index (χ0) is 21.5. The van der Waals surface area contributed by atoms with Crippen molar-refractivity contribution in [3.05, 3.63) is 59.7 Å². The topological polar surface area (TPSA) is 105 Å². The first-order chi connectivity index (χ1) is 14.2. The van der Waals surface area contributed by atoms with E-state index in [0.717, 1.165) is 11.1 Å². The van der Waals surface area contributed by atoms with Crippen LogP contribution in [0.1, 0.15) is 11.1 Å². The molecule has 2 aromatic carbocycles. The number of ether oxygens (including phenoxy) is 2. The third-order valence-corrected chi connectivity index (χ3v) is 7.78. The van der Waals surface area contributed by atoms with E-state index in [1.807, 2.05) is 13.8 Å². The molecule has 0 spiro atoms. The smallest absolute Gasteiger partial charge is 0.297 e. The molecule has 8 nitrogen and oxygen atoms in total. The Bertz CT molecular complexity index is 1020. The van der Waals surface area contributed by atoms with Crippen LogP contribution < -0.4 is 0 Å². The van der Waals surface area contributed by atoms with Crippen LogP contribution >= 0.6 is 0 Å². The minimum absolute atomic E-state index is 0.0318. The Morgan fingerprint density at radius 1 is 0.667 bits per heavy atom. The molecule has 2 heterocycles. The summed E-state index contributed by atoms with van der Waals surface area (Å²) >= 11 is 0. The predicted molar refractivity (Wildman–Crippen MR) is 106 cm³/mol. The zero-order valence-electron chi connectivity index (χ0n) is 16.4. The maximum absolute atomic E-state index is 12.6. The van der Waals surface area contributed by atoms with Crippen molar-refractivity contribution < 1.29 is 34.7 Å². The first-order valence-corrected chi connectivity index (χ1v) is 12.2. The number of benzene rings is 2. The molecule has 2 aliphatic rings. The first kappa shape index (κ1) is 21.4. The molecule has 0 aliphatic carbocycles. The van der Waals surface area contributed by atoms with Crippen molar-refractivity contribution >= 4 is 20.2 Å². The molecule has 4 rings (SSSR count). The number of fused-ring (bicyclic) bond motifs is 1. The van der Waals surface area contributed by atoms with Crippen molar-refractivity contribution in [1.82, 2.24) is 0 Å². The third kappa shape index (κ3) is 4.29. The summed E-state index contributed by atoms with van der Waals surface area (Å²) in [6, 6.07) is 12.6. The molecule has 2 aromatic rings. The van der Waals surface area contributed by atoms with E-state index in [0.29, 0.717) is 0 Å². The summed E-state index contributed by atoms with van der Waals surface area (Å²) < 4.78 is 72.1. The lowest BCUT2D eigenvalue weighted by molar-refractivity contribution is 0.0220. The minimum Gasteiger partial charge on any atom is -0.370 e. The highest BCUT2D eigenvalue weighted by molar-refractivity contribution is 7.87. The second kappa shape index (κ2) is 8.03. The second-order valence-corrected chi connectivity index (χ2v) is 10.5. The molecule has 30 heavy (non-hydrogen) atoms. The Morgan fingerprint density at radius 3 is 1.33 bits per heavy atom. The van der Waals surface area contributed by atoms with E-state index < -0.39 is 44.7 Å². The lowest BCUT2D eigenvalue weighted by Crippen LogP contribution is -2.36. The molecule has 2 saturated heterocycles. The Labute approximate surface area is 176 Å². The fourth-order valence-electron chi connectivity index (χ4n) is 3.44. The normalized spacial score (nSPS) is 26.6. The summed E-state index contributed by atoms with van der Waals surface area (Å²) in [4.78, 5) is 0.0635. The van der Waals surface area contributed by atoms with Gasteiger partial charge in [0, 0.05) is 0 Å². The highest BCUT2D eigenvalue weighted by Crippen LogP contribution is 2.33. The van der Waals surface area contributed by atoms with Crippen LogP contribution in [0, 0.1) is 13.8 Å². The standard InChI is InChI=1S/C20H22O8S2/c1-13-3-7-15(8-4-13)29(21,22)27-17-11-25-20-18(12-26-19(17)20)28-30(23,24)16-9-5-14(2)6-10-16/h3-10,17-20H,11-12H2,1-2H3. The zero-order valence-corrected chi connectivity index (χ0v) is 18.1. The van der Waals surface area contributed by atoms with E-state index in [2.05, 4.69) is 0 Å². The highest BCUT2D eigenvalue weighted by atomic mass is 32.2. The molecule has 4 atom stereocenters. The molecule has 162 valence electrons. The van der Waals surface area contributed by atoms with Crippen molar-refractivity contribution in [2.75, 3.05) is 13.2 Å². The van der Waals surface area contributed by atoms with Crippen LogP contribution in [0.3, 0.4) is 0 Å². The van der Waals surface area contributed by atoms with Gasteiger partial charge in [-0.2, -0.15) is 16.8 Å². The molecule has 2 fully saturated rings. The largest absolute Gasteiger partial charge is 0.370 e. The van der Waals surface area contributed by atoms with Crippen molar-refractivity contribution in [3.8, 4) is 0 Å². The predicted octanol–water partition coefficient (Wildman–Crippen LogP) is 1.95. The lowest BCUT2D eigenvalue weighted by atomic mass is 10.1. The number of rotatable bonds is 6. The fourth-order valence-corrected chi connectivity index (χ4v) is 5.58. The number of hydrogen-bond acceptors (Lipinski definition) is 8. The van der Waals surface area contributed by atoms with E-state index in [1.165, 1.54) is 24.3 Å². The Hall–Kier alpha value is -1.82. The van der Waals surface area contributed by atoms with Gasteiger partial charge in [0.15, 0.2) is 0 Å². The van der Waals surface area contributed by atoms with Gasteiger partial charge in [0.1, 0.15) is 24.4 Å². The van der Waals surface area contributed by atoms with Gasteiger partial charge in [-0.25, -0.2) is 0 Å². The SMILES string of the molecule is Cc1ccc(S(=O)(=O)OC2COC3C(OS(=O)(=O)c4ccc(C)cc4)COC23)cc1. The van der Waals surface area contributed by atoms with Gasteiger partial charge in [0.25, 0.3) is 20.2 Å². The van der Waals surface area contributed by atoms with E-state index in [4.69, 9.17) is 17.8 Å². The second-order valence-electron chi connectivity index (χ2n) is 7.40. The lowest BCUT2D eigenvalue weighted by Gasteiger charge is -2.17. The van der Waals surface area contributed by atoms with E-state index in [-0.39, 0.29) is 23.0 Å². The van der Waals surface area contributed by atoms with Gasteiger partial charge < -0.3 is 9.47 Å². The fraction of sp³-hybridized carbons (Fsp3) is 0.400. The highest BCUT2D eigenvalue weighted by Gasteiger charge is 2.51. The van der Waals surface area contributed by atoms with Gasteiger partial charge in [-0.15, -0.1) is 0 Å². The molecule has 10 heteroatoms. The Kier molecular flexibility index (Phi) is 5.73. The van der Waals surface area contributed by atoms with Crippen LogP contribution in [-0.2, 0) is 38.1 Å². The molecule has 0 amide bonds. The third-order valence-electron chi connectivity index (χ3n) is 5.08. The monoisotopic (exact) mass is 454 g/mol. The molecule has 0 bridgehead atoms. The summed E-state index contributed by atoms with van der Waals surface area (Å²) in [5.74, 6) is 0. The average molecular weight is 455 g/mol. The van der Waals surface area contributed by atoms with Gasteiger partial charge in [-0.05, 0) is 38.1 Å². The minimum atomic E-state index is -4.02. The Morgan fingerprint density at radius 2 is 1.00 bits per heavy atom. The molecule has 0 N–H and O–H groups in total. The van der Waals surface area contributed by atoms with E-state index in [1.54, 1.807) is 24.3 Å². The van der Waals surface area contributed by atoms with Crippen molar-refractivity contribution in [2.45, 2.75) is 48.1 Å². The van der Waals surface area contributed by atoms with E-state index >= 15 is 0 Å². The molecule has 0 radical (unpaired) electrons. The molecule has 2 aliphatic heterocycles. The maximum Gasteiger partial charge on any atom is 0.297 e. The van der Waals surface area contributed by atoms with Crippen LogP contribution in [0.25, 0.3) is 0 Å². The van der Waals surface area contributed by atoms with Crippen LogP contribution in [0.4, 0.5) is 0 Å². The van der Waals surface area contributed by atoms with E-state index in [9.17, 15) is 16.8 Å². The summed E-state index contributed by atoms with van der Waals surface area (Å²) in [7, 11) is -8.04. The molecular formula is C20H22O8S2. The average Bonchev–Trinajstić information content (AvgIpc) is 3.26.